The second kappa shape index (κ2) is 5.48. The number of pyridine rings is 1. The van der Waals surface area contributed by atoms with E-state index in [1.54, 1.807) is 12.4 Å². The number of carbonyl (C=O) groups excluding carboxylic acids is 1. The maximum atomic E-state index is 12.4. The van der Waals surface area contributed by atoms with Crippen LogP contribution < -0.4 is 5.73 Å². The first-order chi connectivity index (χ1) is 8.58. The molecule has 1 aromatic heterocycles. The van der Waals surface area contributed by atoms with Gasteiger partial charge in [0.2, 0.25) is 0 Å². The lowest BCUT2D eigenvalue weighted by atomic mass is 9.92. The molecule has 2 rings (SSSR count). The lowest BCUT2D eigenvalue weighted by molar-refractivity contribution is 0.0660. The molecule has 1 fully saturated rings. The van der Waals surface area contributed by atoms with Gasteiger partial charge in [0, 0.05) is 31.5 Å². The summed E-state index contributed by atoms with van der Waals surface area (Å²) >= 11 is 0. The molecule has 0 aromatic carbocycles. The molecule has 4 nitrogen and oxygen atoms in total. The second-order valence-electron chi connectivity index (χ2n) is 5.26. The molecule has 0 radical (unpaired) electrons. The van der Waals surface area contributed by atoms with Gasteiger partial charge in [-0.3, -0.25) is 9.78 Å². The fourth-order valence-corrected chi connectivity index (χ4v) is 2.48. The van der Waals surface area contributed by atoms with Crippen molar-refractivity contribution in [1.29, 1.82) is 0 Å². The van der Waals surface area contributed by atoms with Gasteiger partial charge in [0.25, 0.3) is 5.91 Å². The van der Waals surface area contributed by atoms with Gasteiger partial charge in [-0.05, 0) is 44.2 Å². The van der Waals surface area contributed by atoms with Gasteiger partial charge >= 0.3 is 0 Å². The Labute approximate surface area is 108 Å². The largest absolute Gasteiger partial charge is 0.338 e. The van der Waals surface area contributed by atoms with Gasteiger partial charge in [0.1, 0.15) is 0 Å². The summed E-state index contributed by atoms with van der Waals surface area (Å²) in [5.74, 6) is 0.497. The number of likely N-dealkylation sites (tertiary alicyclic amines) is 1. The van der Waals surface area contributed by atoms with Crippen molar-refractivity contribution < 1.29 is 4.79 Å². The van der Waals surface area contributed by atoms with Crippen molar-refractivity contribution >= 4 is 5.91 Å². The quantitative estimate of drug-likeness (QED) is 0.863. The Hall–Kier alpha value is -1.42. The highest BCUT2D eigenvalue weighted by Crippen LogP contribution is 2.20. The highest BCUT2D eigenvalue weighted by molar-refractivity contribution is 5.94. The zero-order chi connectivity index (χ0) is 13.1. The van der Waals surface area contributed by atoms with Gasteiger partial charge in [-0.2, -0.15) is 0 Å². The van der Waals surface area contributed by atoms with E-state index in [0.717, 1.165) is 31.5 Å². The Bertz CT molecular complexity index is 431. The summed E-state index contributed by atoms with van der Waals surface area (Å²) in [6.07, 6.45) is 5.56. The van der Waals surface area contributed by atoms with E-state index in [9.17, 15) is 4.79 Å². The third-order valence-corrected chi connectivity index (χ3v) is 3.61. The zero-order valence-corrected chi connectivity index (χ0v) is 11.1. The molecule has 1 aliphatic heterocycles. The van der Waals surface area contributed by atoms with Crippen LogP contribution >= 0.6 is 0 Å². The summed E-state index contributed by atoms with van der Waals surface area (Å²) in [6, 6.07) is 2.04. The predicted molar refractivity (Wildman–Crippen MR) is 71.3 cm³/mol. The van der Waals surface area contributed by atoms with Crippen LogP contribution in [0.4, 0.5) is 0 Å². The van der Waals surface area contributed by atoms with Crippen molar-refractivity contribution in [3.05, 3.63) is 29.6 Å². The number of hydrogen-bond acceptors (Lipinski definition) is 3. The Morgan fingerprint density at radius 3 is 3.00 bits per heavy atom. The van der Waals surface area contributed by atoms with E-state index in [0.29, 0.717) is 11.5 Å². The average molecular weight is 247 g/mol. The first-order valence-corrected chi connectivity index (χ1v) is 6.54. The van der Waals surface area contributed by atoms with E-state index in [4.69, 9.17) is 5.73 Å². The Morgan fingerprint density at radius 1 is 1.56 bits per heavy atom. The third-order valence-electron chi connectivity index (χ3n) is 3.61. The predicted octanol–water partition coefficient (Wildman–Crippen LogP) is 1.59. The number of nitrogens with zero attached hydrogens (tertiary/aromatic N) is 2. The molecule has 4 heteroatoms. The number of piperidine rings is 1. The first kappa shape index (κ1) is 13.0. The van der Waals surface area contributed by atoms with Crippen LogP contribution in [0.5, 0.6) is 0 Å². The molecular weight excluding hydrogens is 226 g/mol. The molecule has 2 heterocycles. The lowest BCUT2D eigenvalue weighted by Gasteiger charge is -2.34. The van der Waals surface area contributed by atoms with Crippen molar-refractivity contribution in [2.45, 2.75) is 32.7 Å². The summed E-state index contributed by atoms with van der Waals surface area (Å²) < 4.78 is 0. The molecule has 98 valence electrons. The molecule has 2 unspecified atom stereocenters. The van der Waals surface area contributed by atoms with Crippen molar-refractivity contribution in [1.82, 2.24) is 9.88 Å². The summed E-state index contributed by atoms with van der Waals surface area (Å²) in [7, 11) is 0. The maximum Gasteiger partial charge on any atom is 0.255 e. The number of rotatable bonds is 2. The molecule has 1 aliphatic rings. The monoisotopic (exact) mass is 247 g/mol. The molecule has 18 heavy (non-hydrogen) atoms. The van der Waals surface area contributed by atoms with Crippen LogP contribution in [0.1, 0.15) is 35.7 Å². The highest BCUT2D eigenvalue weighted by atomic mass is 16.2. The maximum absolute atomic E-state index is 12.4. The van der Waals surface area contributed by atoms with Gasteiger partial charge in [-0.25, -0.2) is 0 Å². The van der Waals surface area contributed by atoms with E-state index in [1.165, 1.54) is 0 Å². The molecule has 1 aromatic rings. The minimum Gasteiger partial charge on any atom is -0.338 e. The number of aromatic nitrogens is 1. The molecule has 1 saturated heterocycles. The number of carbonyl (C=O) groups is 1. The van der Waals surface area contributed by atoms with E-state index in [1.807, 2.05) is 24.8 Å². The van der Waals surface area contributed by atoms with E-state index < -0.39 is 0 Å². The number of aryl methyl sites for hydroxylation is 1. The summed E-state index contributed by atoms with van der Waals surface area (Å²) in [5, 5.41) is 0. The molecule has 0 bridgehead atoms. The van der Waals surface area contributed by atoms with Crippen LogP contribution in [0.3, 0.4) is 0 Å². The number of nitrogens with two attached hydrogens (primary N) is 1. The fourth-order valence-electron chi connectivity index (χ4n) is 2.48. The van der Waals surface area contributed by atoms with E-state index in [2.05, 4.69) is 4.98 Å². The lowest BCUT2D eigenvalue weighted by Crippen LogP contribution is -2.45. The highest BCUT2D eigenvalue weighted by Gasteiger charge is 2.26. The topological polar surface area (TPSA) is 59.2 Å². The SMILES string of the molecule is Cc1cncc(C(=O)N2CCCC(C(C)N)C2)c1. The van der Waals surface area contributed by atoms with Crippen LogP contribution in [0, 0.1) is 12.8 Å². The van der Waals surface area contributed by atoms with Crippen LogP contribution in [-0.4, -0.2) is 34.9 Å². The summed E-state index contributed by atoms with van der Waals surface area (Å²) in [5.41, 5.74) is 7.64. The minimum atomic E-state index is 0.0801. The number of hydrogen-bond donors (Lipinski definition) is 1. The smallest absolute Gasteiger partial charge is 0.255 e. The standard InChI is InChI=1S/C14H21N3O/c1-10-6-13(8-16-7-10)14(18)17-5-3-4-12(9-17)11(2)15/h6-8,11-12H,3-5,9,15H2,1-2H3. The molecule has 2 N–H and O–H groups in total. The molecule has 0 aliphatic carbocycles. The van der Waals surface area contributed by atoms with Crippen LogP contribution in [0.2, 0.25) is 0 Å². The zero-order valence-electron chi connectivity index (χ0n) is 11.1. The summed E-state index contributed by atoms with van der Waals surface area (Å²) in [4.78, 5) is 18.4. The third kappa shape index (κ3) is 2.88. The molecule has 1 amide bonds. The van der Waals surface area contributed by atoms with Crippen LogP contribution in [-0.2, 0) is 0 Å². The molecular formula is C14H21N3O. The van der Waals surface area contributed by atoms with E-state index in [-0.39, 0.29) is 11.9 Å². The van der Waals surface area contributed by atoms with Crippen molar-refractivity contribution in [2.75, 3.05) is 13.1 Å². The van der Waals surface area contributed by atoms with Gasteiger partial charge in [-0.15, -0.1) is 0 Å². The number of amides is 1. The van der Waals surface area contributed by atoms with Crippen molar-refractivity contribution in [3.8, 4) is 0 Å². The Balaban J connectivity index is 2.09. The van der Waals surface area contributed by atoms with Gasteiger partial charge in [0.15, 0.2) is 0 Å². The molecule has 2 atom stereocenters. The second-order valence-corrected chi connectivity index (χ2v) is 5.26. The molecule has 0 saturated carbocycles. The van der Waals surface area contributed by atoms with Crippen LogP contribution in [0.15, 0.2) is 18.5 Å². The average Bonchev–Trinajstić information content (AvgIpc) is 2.38. The van der Waals surface area contributed by atoms with E-state index >= 15 is 0 Å². The minimum absolute atomic E-state index is 0.0801. The normalized spacial score (nSPS) is 21.7. The molecule has 0 spiro atoms. The Kier molecular flexibility index (Phi) is 3.97. The van der Waals surface area contributed by atoms with Crippen molar-refractivity contribution in [3.63, 3.8) is 0 Å². The van der Waals surface area contributed by atoms with Gasteiger partial charge in [0.05, 0.1) is 5.56 Å². The fraction of sp³-hybridized carbons (Fsp3) is 0.571. The Morgan fingerprint density at radius 2 is 2.33 bits per heavy atom. The first-order valence-electron chi connectivity index (χ1n) is 6.54. The van der Waals surface area contributed by atoms with Gasteiger partial charge < -0.3 is 10.6 Å². The van der Waals surface area contributed by atoms with Crippen LogP contribution in [0.25, 0.3) is 0 Å². The van der Waals surface area contributed by atoms with Crippen molar-refractivity contribution in [2.24, 2.45) is 11.7 Å². The summed E-state index contributed by atoms with van der Waals surface area (Å²) in [6.45, 7) is 5.57. The van der Waals surface area contributed by atoms with Gasteiger partial charge in [-0.1, -0.05) is 0 Å².